The maximum Gasteiger partial charge on any atom is 0.317 e. The van der Waals surface area contributed by atoms with Crippen molar-refractivity contribution in [2.24, 2.45) is 23.7 Å². The van der Waals surface area contributed by atoms with Gasteiger partial charge in [0, 0.05) is 5.56 Å². The van der Waals surface area contributed by atoms with Crippen molar-refractivity contribution in [2.75, 3.05) is 0 Å². The van der Waals surface area contributed by atoms with E-state index in [-0.39, 0.29) is 17.4 Å². The van der Waals surface area contributed by atoms with Crippen LogP contribution in [0.1, 0.15) is 60.9 Å². The number of ketones is 1. The Morgan fingerprint density at radius 1 is 1.00 bits per heavy atom. The second kappa shape index (κ2) is 5.18. The van der Waals surface area contributed by atoms with E-state index >= 15 is 0 Å². The summed E-state index contributed by atoms with van der Waals surface area (Å²) in [6, 6.07) is 7.68. The lowest BCUT2D eigenvalue weighted by atomic mass is 9.54. The second-order valence-corrected chi connectivity index (χ2v) is 8.63. The predicted octanol–water partition coefficient (Wildman–Crippen LogP) is 3.94. The fourth-order valence-electron chi connectivity index (χ4n) is 6.26. The SMILES string of the molecule is O=C(OC12CC3CC(CC(C3)C1)C2)[C@@H]1CCc2ccccc2C1=O. The van der Waals surface area contributed by atoms with Crippen LogP contribution in [-0.2, 0) is 16.0 Å². The summed E-state index contributed by atoms with van der Waals surface area (Å²) in [4.78, 5) is 25.6. The molecule has 3 nitrogen and oxygen atoms in total. The van der Waals surface area contributed by atoms with Gasteiger partial charge in [-0.25, -0.2) is 0 Å². The summed E-state index contributed by atoms with van der Waals surface area (Å²) in [6.07, 6.45) is 8.46. The molecule has 0 amide bonds. The van der Waals surface area contributed by atoms with Gasteiger partial charge < -0.3 is 4.74 Å². The predicted molar refractivity (Wildman–Crippen MR) is 89.6 cm³/mol. The average molecular weight is 324 g/mol. The van der Waals surface area contributed by atoms with Gasteiger partial charge in [0.1, 0.15) is 11.5 Å². The number of carbonyl (C=O) groups is 2. The monoisotopic (exact) mass is 324 g/mol. The molecule has 0 unspecified atom stereocenters. The quantitative estimate of drug-likeness (QED) is 0.611. The molecule has 24 heavy (non-hydrogen) atoms. The molecule has 6 rings (SSSR count). The minimum Gasteiger partial charge on any atom is -0.458 e. The molecule has 0 N–H and O–H groups in total. The lowest BCUT2D eigenvalue weighted by molar-refractivity contribution is -0.189. The largest absolute Gasteiger partial charge is 0.458 e. The van der Waals surface area contributed by atoms with E-state index in [2.05, 4.69) is 0 Å². The Morgan fingerprint density at radius 3 is 2.29 bits per heavy atom. The molecule has 0 aromatic heterocycles. The molecular weight excluding hydrogens is 300 g/mol. The number of esters is 1. The van der Waals surface area contributed by atoms with E-state index in [0.29, 0.717) is 6.42 Å². The van der Waals surface area contributed by atoms with E-state index in [0.717, 1.165) is 54.6 Å². The van der Waals surface area contributed by atoms with Crippen LogP contribution in [0.4, 0.5) is 0 Å². The van der Waals surface area contributed by atoms with E-state index < -0.39 is 5.92 Å². The molecular formula is C21H24O3. The molecule has 0 spiro atoms. The van der Waals surface area contributed by atoms with Crippen LogP contribution in [0.5, 0.6) is 0 Å². The summed E-state index contributed by atoms with van der Waals surface area (Å²) in [6.45, 7) is 0. The van der Waals surface area contributed by atoms with Gasteiger partial charge in [0.15, 0.2) is 5.78 Å². The molecule has 5 aliphatic carbocycles. The van der Waals surface area contributed by atoms with Crippen LogP contribution in [0.2, 0.25) is 0 Å². The lowest BCUT2D eigenvalue weighted by Crippen LogP contribution is -2.53. The number of benzene rings is 1. The van der Waals surface area contributed by atoms with E-state index in [9.17, 15) is 9.59 Å². The van der Waals surface area contributed by atoms with Gasteiger partial charge in [-0.3, -0.25) is 9.59 Å². The fraction of sp³-hybridized carbons (Fsp3) is 0.619. The Balaban J connectivity index is 1.35. The van der Waals surface area contributed by atoms with Gasteiger partial charge in [-0.2, -0.15) is 0 Å². The second-order valence-electron chi connectivity index (χ2n) is 8.63. The van der Waals surface area contributed by atoms with Crippen molar-refractivity contribution in [3.8, 4) is 0 Å². The Labute approximate surface area is 142 Å². The van der Waals surface area contributed by atoms with E-state index in [1.54, 1.807) is 0 Å². The molecule has 4 bridgehead atoms. The first-order valence-electron chi connectivity index (χ1n) is 9.47. The van der Waals surface area contributed by atoms with Gasteiger partial charge in [0.05, 0.1) is 0 Å². The fourth-order valence-corrected chi connectivity index (χ4v) is 6.26. The lowest BCUT2D eigenvalue weighted by Gasteiger charge is -2.55. The summed E-state index contributed by atoms with van der Waals surface area (Å²) in [7, 11) is 0. The molecule has 0 saturated heterocycles. The van der Waals surface area contributed by atoms with E-state index in [1.807, 2.05) is 24.3 Å². The normalized spacial score (nSPS) is 39.6. The molecule has 0 aliphatic heterocycles. The maximum absolute atomic E-state index is 12.9. The van der Waals surface area contributed by atoms with Crippen LogP contribution in [0.15, 0.2) is 24.3 Å². The Kier molecular flexibility index (Phi) is 3.17. The number of fused-ring (bicyclic) bond motifs is 1. The highest BCUT2D eigenvalue weighted by molar-refractivity contribution is 6.10. The van der Waals surface area contributed by atoms with E-state index in [4.69, 9.17) is 4.74 Å². The molecule has 1 aromatic rings. The third-order valence-electron chi connectivity index (χ3n) is 6.89. The first-order valence-corrected chi connectivity index (χ1v) is 9.47. The standard InChI is InChI=1S/C21H24O3/c22-19-17-4-2-1-3-16(17)5-6-18(19)20(23)24-21-10-13-7-14(11-21)9-15(8-13)12-21/h1-4,13-15,18H,5-12H2/t13?,14?,15?,18-,21?/m1/s1. The van der Waals surface area contributed by atoms with Crippen molar-refractivity contribution < 1.29 is 14.3 Å². The van der Waals surface area contributed by atoms with Gasteiger partial charge >= 0.3 is 5.97 Å². The highest BCUT2D eigenvalue weighted by Crippen LogP contribution is 2.57. The molecule has 5 aliphatic rings. The number of hydrogen-bond acceptors (Lipinski definition) is 3. The topological polar surface area (TPSA) is 43.4 Å². The number of rotatable bonds is 2. The van der Waals surface area contributed by atoms with Crippen LogP contribution < -0.4 is 0 Å². The van der Waals surface area contributed by atoms with Gasteiger partial charge in [-0.1, -0.05) is 24.3 Å². The number of ether oxygens (including phenoxy) is 1. The molecule has 4 fully saturated rings. The van der Waals surface area contributed by atoms with Crippen molar-refractivity contribution >= 4 is 11.8 Å². The van der Waals surface area contributed by atoms with Crippen molar-refractivity contribution in [1.29, 1.82) is 0 Å². The number of Topliss-reactive ketones (excluding diaryl/α,β-unsaturated/α-hetero) is 1. The van der Waals surface area contributed by atoms with Crippen LogP contribution in [0.3, 0.4) is 0 Å². The van der Waals surface area contributed by atoms with Gasteiger partial charge in [-0.15, -0.1) is 0 Å². The summed E-state index contributed by atoms with van der Waals surface area (Å²) in [5.74, 6) is 1.35. The van der Waals surface area contributed by atoms with Crippen LogP contribution in [-0.4, -0.2) is 17.4 Å². The molecule has 0 heterocycles. The molecule has 0 radical (unpaired) electrons. The van der Waals surface area contributed by atoms with Crippen LogP contribution in [0, 0.1) is 23.7 Å². The smallest absolute Gasteiger partial charge is 0.317 e. The van der Waals surface area contributed by atoms with Crippen LogP contribution in [0.25, 0.3) is 0 Å². The third-order valence-corrected chi connectivity index (χ3v) is 6.89. The minimum atomic E-state index is -0.590. The number of carbonyl (C=O) groups excluding carboxylic acids is 2. The van der Waals surface area contributed by atoms with E-state index in [1.165, 1.54) is 19.3 Å². The first kappa shape index (κ1) is 14.7. The van der Waals surface area contributed by atoms with Crippen molar-refractivity contribution in [3.05, 3.63) is 35.4 Å². The highest BCUT2D eigenvalue weighted by atomic mass is 16.6. The maximum atomic E-state index is 12.9. The van der Waals surface area contributed by atoms with Crippen molar-refractivity contribution in [1.82, 2.24) is 0 Å². The first-order chi connectivity index (χ1) is 11.6. The van der Waals surface area contributed by atoms with Crippen molar-refractivity contribution in [3.63, 3.8) is 0 Å². The molecule has 3 heteroatoms. The summed E-state index contributed by atoms with van der Waals surface area (Å²) in [5.41, 5.74) is 1.54. The van der Waals surface area contributed by atoms with Crippen molar-refractivity contribution in [2.45, 2.75) is 57.0 Å². The third kappa shape index (κ3) is 2.24. The molecule has 1 aromatic carbocycles. The highest BCUT2D eigenvalue weighted by Gasteiger charge is 2.54. The van der Waals surface area contributed by atoms with Crippen LogP contribution >= 0.6 is 0 Å². The Bertz CT molecular complexity index is 670. The number of aryl methyl sites for hydroxylation is 1. The van der Waals surface area contributed by atoms with Gasteiger partial charge in [0.2, 0.25) is 0 Å². The Hall–Kier alpha value is -1.64. The molecule has 4 saturated carbocycles. The molecule has 126 valence electrons. The van der Waals surface area contributed by atoms with Gasteiger partial charge in [-0.05, 0) is 74.7 Å². The average Bonchev–Trinajstić information content (AvgIpc) is 2.53. The molecule has 1 atom stereocenters. The summed E-state index contributed by atoms with van der Waals surface area (Å²) in [5, 5.41) is 0. The Morgan fingerprint density at radius 2 is 1.62 bits per heavy atom. The zero-order chi connectivity index (χ0) is 16.3. The minimum absolute atomic E-state index is 0.0356. The zero-order valence-electron chi connectivity index (χ0n) is 14.0. The number of hydrogen-bond donors (Lipinski definition) is 0. The zero-order valence-corrected chi connectivity index (χ0v) is 14.0. The summed E-state index contributed by atoms with van der Waals surface area (Å²) >= 11 is 0. The van der Waals surface area contributed by atoms with Gasteiger partial charge in [0.25, 0.3) is 0 Å². The summed E-state index contributed by atoms with van der Waals surface area (Å²) < 4.78 is 6.12.